The molecule has 5 nitrogen and oxygen atoms in total. The van der Waals surface area contributed by atoms with Crippen LogP contribution in [0.2, 0.25) is 0 Å². The van der Waals surface area contributed by atoms with Gasteiger partial charge in [0, 0.05) is 37.2 Å². The lowest BCUT2D eigenvalue weighted by molar-refractivity contribution is -0.0514. The summed E-state index contributed by atoms with van der Waals surface area (Å²) in [4.78, 5) is 11.7. The van der Waals surface area contributed by atoms with Crippen molar-refractivity contribution in [2.45, 2.75) is 37.1 Å². The normalized spacial score (nSPS) is 21.1. The Kier molecular flexibility index (Phi) is 3.34. The van der Waals surface area contributed by atoms with E-state index in [1.54, 1.807) is 13.2 Å². The van der Waals surface area contributed by atoms with Crippen LogP contribution in [0.15, 0.2) is 6.20 Å². The smallest absolute Gasteiger partial charge is 0.358 e. The lowest BCUT2D eigenvalue weighted by Crippen LogP contribution is -2.44. The zero-order valence-corrected chi connectivity index (χ0v) is 10.9. The molecule has 1 aromatic heterocycles. The van der Waals surface area contributed by atoms with Crippen LogP contribution >= 0.6 is 0 Å². The number of esters is 1. The molecule has 0 amide bonds. The fourth-order valence-corrected chi connectivity index (χ4v) is 2.43. The highest BCUT2D eigenvalue weighted by Crippen LogP contribution is 2.43. The summed E-state index contributed by atoms with van der Waals surface area (Å²) >= 11 is 0. The summed E-state index contributed by atoms with van der Waals surface area (Å²) in [6.45, 7) is 0. The average Bonchev–Trinajstić information content (AvgIpc) is 2.75. The Morgan fingerprint density at radius 2 is 2.00 bits per heavy atom. The van der Waals surface area contributed by atoms with Crippen molar-refractivity contribution in [1.29, 1.82) is 0 Å². The molecule has 1 aromatic rings. The Labute approximate surface area is 109 Å². The molecule has 106 valence electrons. The highest BCUT2D eigenvalue weighted by Gasteiger charge is 2.44. The van der Waals surface area contributed by atoms with Crippen LogP contribution in [0.5, 0.6) is 0 Å². The summed E-state index contributed by atoms with van der Waals surface area (Å²) in [5, 5.41) is 4.01. The monoisotopic (exact) mass is 273 g/mol. The van der Waals surface area contributed by atoms with Gasteiger partial charge in [-0.05, 0) is 12.8 Å². The number of carbonyl (C=O) groups is 1. The second kappa shape index (κ2) is 4.56. The number of rotatable bonds is 2. The molecule has 0 aromatic carbocycles. The lowest BCUT2D eigenvalue weighted by atomic mass is 9.76. The number of nitrogens with two attached hydrogens (primary N) is 1. The van der Waals surface area contributed by atoms with E-state index in [1.807, 2.05) is 0 Å². The number of aromatic nitrogens is 2. The minimum Gasteiger partial charge on any atom is -0.464 e. The number of hydrogen-bond acceptors (Lipinski definition) is 4. The zero-order valence-electron chi connectivity index (χ0n) is 10.9. The molecule has 2 rings (SSSR count). The molecule has 2 N–H and O–H groups in total. The van der Waals surface area contributed by atoms with Gasteiger partial charge in [0.25, 0.3) is 0 Å². The van der Waals surface area contributed by atoms with Gasteiger partial charge in [0.1, 0.15) is 0 Å². The molecule has 1 saturated carbocycles. The van der Waals surface area contributed by atoms with Crippen LogP contribution in [-0.4, -0.2) is 28.8 Å². The fraction of sp³-hybridized carbons (Fsp3) is 0.667. The van der Waals surface area contributed by atoms with Gasteiger partial charge in [-0.3, -0.25) is 4.68 Å². The van der Waals surface area contributed by atoms with Gasteiger partial charge >= 0.3 is 5.97 Å². The standard InChI is InChI=1S/C12H17F2N3O2/c1-17-7-8(9(16-17)10(18)19-2)11(15)3-5-12(13,14)6-4-11/h7H,3-6,15H2,1-2H3. The van der Waals surface area contributed by atoms with E-state index in [4.69, 9.17) is 5.73 Å². The van der Waals surface area contributed by atoms with Gasteiger partial charge in [-0.25, -0.2) is 13.6 Å². The number of alkyl halides is 2. The first-order valence-electron chi connectivity index (χ1n) is 6.07. The summed E-state index contributed by atoms with van der Waals surface area (Å²) < 4.78 is 32.5. The van der Waals surface area contributed by atoms with Gasteiger partial charge in [0.05, 0.1) is 7.11 Å². The van der Waals surface area contributed by atoms with Crippen molar-refractivity contribution < 1.29 is 18.3 Å². The molecular formula is C12H17F2N3O2. The second-order valence-electron chi connectivity index (χ2n) is 5.07. The molecular weight excluding hydrogens is 256 g/mol. The first kappa shape index (κ1) is 13.9. The lowest BCUT2D eigenvalue weighted by Gasteiger charge is -2.36. The van der Waals surface area contributed by atoms with Crippen LogP contribution in [0, 0.1) is 0 Å². The highest BCUT2D eigenvalue weighted by molar-refractivity contribution is 5.89. The van der Waals surface area contributed by atoms with E-state index >= 15 is 0 Å². The summed E-state index contributed by atoms with van der Waals surface area (Å²) in [7, 11) is 2.90. The van der Waals surface area contributed by atoms with Crippen LogP contribution in [0.25, 0.3) is 0 Å². The Hall–Kier alpha value is -1.50. The molecule has 1 aliphatic carbocycles. The van der Waals surface area contributed by atoms with E-state index in [-0.39, 0.29) is 31.4 Å². The Bertz CT molecular complexity index is 489. The highest BCUT2D eigenvalue weighted by atomic mass is 19.3. The average molecular weight is 273 g/mol. The topological polar surface area (TPSA) is 70.1 Å². The molecule has 0 spiro atoms. The summed E-state index contributed by atoms with van der Waals surface area (Å²) in [5.41, 5.74) is 5.86. The van der Waals surface area contributed by atoms with E-state index in [0.29, 0.717) is 5.56 Å². The molecule has 1 fully saturated rings. The molecule has 0 atom stereocenters. The van der Waals surface area contributed by atoms with Gasteiger partial charge in [0.2, 0.25) is 5.92 Å². The van der Waals surface area contributed by atoms with Crippen molar-refractivity contribution in [2.24, 2.45) is 12.8 Å². The minimum absolute atomic E-state index is 0.109. The summed E-state index contributed by atoms with van der Waals surface area (Å²) in [6.07, 6.45) is 1.29. The fourth-order valence-electron chi connectivity index (χ4n) is 2.43. The first-order chi connectivity index (χ1) is 8.77. The molecule has 19 heavy (non-hydrogen) atoms. The van der Waals surface area contributed by atoms with Crippen molar-refractivity contribution >= 4 is 5.97 Å². The van der Waals surface area contributed by atoms with Gasteiger partial charge < -0.3 is 10.5 Å². The SMILES string of the molecule is COC(=O)c1nn(C)cc1C1(N)CCC(F)(F)CC1. The summed E-state index contributed by atoms with van der Waals surface area (Å²) in [6, 6.07) is 0. The molecule has 1 heterocycles. The third-order valence-electron chi connectivity index (χ3n) is 3.62. The van der Waals surface area contributed by atoms with Gasteiger partial charge in [-0.1, -0.05) is 0 Å². The number of hydrogen-bond donors (Lipinski definition) is 1. The number of halogens is 2. The van der Waals surface area contributed by atoms with Crippen molar-refractivity contribution in [3.05, 3.63) is 17.5 Å². The van der Waals surface area contributed by atoms with Crippen LogP contribution in [-0.2, 0) is 17.3 Å². The molecule has 0 unspecified atom stereocenters. The molecule has 7 heteroatoms. The van der Waals surface area contributed by atoms with E-state index < -0.39 is 17.4 Å². The third kappa shape index (κ3) is 2.60. The Balaban J connectivity index is 2.34. The number of ether oxygens (including phenoxy) is 1. The number of carbonyl (C=O) groups excluding carboxylic acids is 1. The zero-order chi connectivity index (χ0) is 14.3. The molecule has 1 aliphatic rings. The van der Waals surface area contributed by atoms with Crippen LogP contribution < -0.4 is 5.73 Å². The molecule has 0 aliphatic heterocycles. The third-order valence-corrected chi connectivity index (χ3v) is 3.62. The maximum absolute atomic E-state index is 13.2. The van der Waals surface area contributed by atoms with Crippen LogP contribution in [0.1, 0.15) is 41.7 Å². The van der Waals surface area contributed by atoms with E-state index in [2.05, 4.69) is 9.84 Å². The van der Waals surface area contributed by atoms with E-state index in [9.17, 15) is 13.6 Å². The van der Waals surface area contributed by atoms with Crippen molar-refractivity contribution in [3.63, 3.8) is 0 Å². The Morgan fingerprint density at radius 3 is 2.53 bits per heavy atom. The largest absolute Gasteiger partial charge is 0.464 e. The van der Waals surface area contributed by atoms with Gasteiger partial charge in [0.15, 0.2) is 5.69 Å². The predicted octanol–water partition coefficient (Wildman–Crippen LogP) is 1.57. The first-order valence-corrected chi connectivity index (χ1v) is 6.07. The van der Waals surface area contributed by atoms with E-state index in [0.717, 1.165) is 0 Å². The van der Waals surface area contributed by atoms with Gasteiger partial charge in [-0.15, -0.1) is 0 Å². The quantitative estimate of drug-likeness (QED) is 0.830. The van der Waals surface area contributed by atoms with Crippen molar-refractivity contribution in [1.82, 2.24) is 9.78 Å². The summed E-state index contributed by atoms with van der Waals surface area (Å²) in [5.74, 6) is -3.27. The number of nitrogens with zero attached hydrogens (tertiary/aromatic N) is 2. The minimum atomic E-state index is -2.67. The molecule has 0 saturated heterocycles. The van der Waals surface area contributed by atoms with E-state index in [1.165, 1.54) is 11.8 Å². The maximum atomic E-state index is 13.2. The van der Waals surface area contributed by atoms with Crippen molar-refractivity contribution in [3.8, 4) is 0 Å². The van der Waals surface area contributed by atoms with Crippen LogP contribution in [0.3, 0.4) is 0 Å². The Morgan fingerprint density at radius 1 is 1.42 bits per heavy atom. The van der Waals surface area contributed by atoms with Crippen LogP contribution in [0.4, 0.5) is 8.78 Å². The maximum Gasteiger partial charge on any atom is 0.358 e. The van der Waals surface area contributed by atoms with Gasteiger partial charge in [-0.2, -0.15) is 5.10 Å². The number of methoxy groups -OCH3 is 1. The number of aryl methyl sites for hydroxylation is 1. The molecule has 0 bridgehead atoms. The molecule has 0 radical (unpaired) electrons. The van der Waals surface area contributed by atoms with Crippen molar-refractivity contribution in [2.75, 3.05) is 7.11 Å². The predicted molar refractivity (Wildman–Crippen MR) is 63.8 cm³/mol. The second-order valence-corrected chi connectivity index (χ2v) is 5.07.